The zero-order valence-electron chi connectivity index (χ0n) is 9.61. The van der Waals surface area contributed by atoms with Crippen molar-refractivity contribution in [2.24, 2.45) is 0 Å². The number of nitrogens with one attached hydrogen (secondary N) is 1. The molecule has 3 heteroatoms. The molecule has 2 fully saturated rings. The van der Waals surface area contributed by atoms with Crippen LogP contribution in [0, 0.1) is 0 Å². The molecule has 0 heterocycles. The van der Waals surface area contributed by atoms with Gasteiger partial charge < -0.3 is 10.4 Å². The molecule has 2 N–H and O–H groups in total. The number of rotatable bonds is 3. The van der Waals surface area contributed by atoms with E-state index in [1.807, 2.05) is 11.8 Å². The summed E-state index contributed by atoms with van der Waals surface area (Å²) >= 11 is 1.99. The van der Waals surface area contributed by atoms with Crippen LogP contribution in [0.4, 0.5) is 0 Å². The van der Waals surface area contributed by atoms with Crippen LogP contribution in [-0.2, 0) is 0 Å². The van der Waals surface area contributed by atoms with E-state index in [4.69, 9.17) is 0 Å². The lowest BCUT2D eigenvalue weighted by Gasteiger charge is -2.34. The molecule has 2 nitrogen and oxygen atoms in total. The van der Waals surface area contributed by atoms with E-state index in [-0.39, 0.29) is 6.10 Å². The Labute approximate surface area is 97.2 Å². The Morgan fingerprint density at radius 2 is 1.73 bits per heavy atom. The highest BCUT2D eigenvalue weighted by atomic mass is 32.2. The Hall–Kier alpha value is 0.270. The van der Waals surface area contributed by atoms with Crippen molar-refractivity contribution in [2.75, 3.05) is 6.26 Å². The molecule has 2 aliphatic rings. The highest BCUT2D eigenvalue weighted by molar-refractivity contribution is 7.99. The van der Waals surface area contributed by atoms with Gasteiger partial charge in [0, 0.05) is 17.3 Å². The average Bonchev–Trinajstić information content (AvgIpc) is 2.65. The summed E-state index contributed by atoms with van der Waals surface area (Å²) in [6.45, 7) is 0. The summed E-state index contributed by atoms with van der Waals surface area (Å²) < 4.78 is 0. The van der Waals surface area contributed by atoms with Crippen LogP contribution < -0.4 is 5.32 Å². The van der Waals surface area contributed by atoms with Gasteiger partial charge in [-0.1, -0.05) is 12.8 Å². The van der Waals surface area contributed by atoms with E-state index in [0.717, 1.165) is 11.7 Å². The van der Waals surface area contributed by atoms with Gasteiger partial charge in [0.05, 0.1) is 6.10 Å². The first-order valence-corrected chi connectivity index (χ1v) is 7.57. The summed E-state index contributed by atoms with van der Waals surface area (Å²) in [7, 11) is 0. The molecule has 4 atom stereocenters. The fraction of sp³-hybridized carbons (Fsp3) is 1.00. The fourth-order valence-corrected chi connectivity index (χ4v) is 3.93. The van der Waals surface area contributed by atoms with Crippen molar-refractivity contribution in [3.05, 3.63) is 0 Å². The third kappa shape index (κ3) is 2.89. The smallest absolute Gasteiger partial charge is 0.0693 e. The summed E-state index contributed by atoms with van der Waals surface area (Å²) in [6.07, 6.45) is 10.9. The molecule has 0 spiro atoms. The Balaban J connectivity index is 1.85. The highest BCUT2D eigenvalue weighted by Gasteiger charge is 2.31. The number of hydrogen-bond acceptors (Lipinski definition) is 3. The van der Waals surface area contributed by atoms with E-state index in [2.05, 4.69) is 11.6 Å². The van der Waals surface area contributed by atoms with Gasteiger partial charge in [0.25, 0.3) is 0 Å². The zero-order chi connectivity index (χ0) is 10.7. The summed E-state index contributed by atoms with van der Waals surface area (Å²) in [5.41, 5.74) is 0. The molecule has 0 aromatic rings. The van der Waals surface area contributed by atoms with Crippen LogP contribution in [0.3, 0.4) is 0 Å². The van der Waals surface area contributed by atoms with Gasteiger partial charge in [-0.3, -0.25) is 0 Å². The molecule has 2 rings (SSSR count). The van der Waals surface area contributed by atoms with Crippen LogP contribution in [0.2, 0.25) is 0 Å². The molecule has 0 amide bonds. The summed E-state index contributed by atoms with van der Waals surface area (Å²) in [5.74, 6) is 0. The van der Waals surface area contributed by atoms with Crippen molar-refractivity contribution >= 4 is 11.8 Å². The predicted molar refractivity (Wildman–Crippen MR) is 66.3 cm³/mol. The Kier molecular flexibility index (Phi) is 4.35. The maximum atomic E-state index is 9.81. The lowest BCUT2D eigenvalue weighted by atomic mass is 9.94. The van der Waals surface area contributed by atoms with Gasteiger partial charge in [-0.25, -0.2) is 0 Å². The van der Waals surface area contributed by atoms with Crippen LogP contribution in [0.25, 0.3) is 0 Å². The molecule has 0 aromatic carbocycles. The van der Waals surface area contributed by atoms with Gasteiger partial charge in [0.2, 0.25) is 0 Å². The molecule has 15 heavy (non-hydrogen) atoms. The molecule has 2 saturated carbocycles. The van der Waals surface area contributed by atoms with E-state index in [1.54, 1.807) is 0 Å². The third-order valence-corrected chi connectivity index (χ3v) is 5.08. The summed E-state index contributed by atoms with van der Waals surface area (Å²) in [6, 6.07) is 1.02. The molecular formula is C12H23NOS. The number of aliphatic hydroxyl groups is 1. The number of hydrogen-bond donors (Lipinski definition) is 2. The van der Waals surface area contributed by atoms with E-state index < -0.39 is 0 Å². The van der Waals surface area contributed by atoms with Gasteiger partial charge in [0.1, 0.15) is 0 Å². The van der Waals surface area contributed by atoms with E-state index in [1.165, 1.54) is 38.5 Å². The second-order valence-electron chi connectivity index (χ2n) is 4.94. The van der Waals surface area contributed by atoms with Crippen LogP contribution in [0.1, 0.15) is 44.9 Å². The van der Waals surface area contributed by atoms with Crippen LogP contribution in [0.15, 0.2) is 0 Å². The molecule has 0 radical (unpaired) electrons. The molecule has 0 bridgehead atoms. The van der Waals surface area contributed by atoms with Gasteiger partial charge in [-0.15, -0.1) is 0 Å². The fourth-order valence-electron chi connectivity index (χ4n) is 2.98. The first-order chi connectivity index (χ1) is 7.31. The minimum absolute atomic E-state index is 0.0885. The maximum Gasteiger partial charge on any atom is 0.0693 e. The standard InChI is InChI=1S/C12H23NOS/c1-15-12-8-3-2-5-10(12)13-9-6-4-7-11(9)14/h9-14H,2-8H2,1H3/t9-,10?,11-,12?/m1/s1. The molecule has 2 unspecified atom stereocenters. The lowest BCUT2D eigenvalue weighted by Crippen LogP contribution is -2.48. The monoisotopic (exact) mass is 229 g/mol. The van der Waals surface area contributed by atoms with Crippen LogP contribution in [0.5, 0.6) is 0 Å². The minimum atomic E-state index is -0.0885. The summed E-state index contributed by atoms with van der Waals surface area (Å²) in [5, 5.41) is 14.3. The number of thioether (sulfide) groups is 1. The van der Waals surface area contributed by atoms with E-state index in [0.29, 0.717) is 12.1 Å². The molecule has 88 valence electrons. The molecule has 0 aliphatic heterocycles. The largest absolute Gasteiger partial charge is 0.392 e. The predicted octanol–water partition coefficient (Wildman–Crippen LogP) is 2.16. The topological polar surface area (TPSA) is 32.3 Å². The van der Waals surface area contributed by atoms with Crippen molar-refractivity contribution in [3.63, 3.8) is 0 Å². The van der Waals surface area contributed by atoms with Gasteiger partial charge in [-0.2, -0.15) is 11.8 Å². The molecular weight excluding hydrogens is 206 g/mol. The van der Waals surface area contributed by atoms with E-state index >= 15 is 0 Å². The summed E-state index contributed by atoms with van der Waals surface area (Å²) in [4.78, 5) is 0. The van der Waals surface area contributed by atoms with Crippen molar-refractivity contribution in [2.45, 2.75) is 68.4 Å². The highest BCUT2D eigenvalue weighted by Crippen LogP contribution is 2.29. The zero-order valence-corrected chi connectivity index (χ0v) is 10.4. The second-order valence-corrected chi connectivity index (χ2v) is 6.01. The first kappa shape index (κ1) is 11.7. The molecule has 0 saturated heterocycles. The van der Waals surface area contributed by atoms with Crippen molar-refractivity contribution in [1.82, 2.24) is 5.32 Å². The Morgan fingerprint density at radius 1 is 1.00 bits per heavy atom. The first-order valence-electron chi connectivity index (χ1n) is 6.28. The Bertz CT molecular complexity index is 200. The second kappa shape index (κ2) is 5.55. The van der Waals surface area contributed by atoms with Crippen molar-refractivity contribution < 1.29 is 5.11 Å². The van der Waals surface area contributed by atoms with Crippen LogP contribution in [-0.4, -0.2) is 34.8 Å². The van der Waals surface area contributed by atoms with Gasteiger partial charge >= 0.3 is 0 Å². The van der Waals surface area contributed by atoms with Gasteiger partial charge in [-0.05, 0) is 38.4 Å². The van der Waals surface area contributed by atoms with Crippen molar-refractivity contribution in [3.8, 4) is 0 Å². The minimum Gasteiger partial charge on any atom is -0.392 e. The quantitative estimate of drug-likeness (QED) is 0.778. The lowest BCUT2D eigenvalue weighted by molar-refractivity contribution is 0.139. The Morgan fingerprint density at radius 3 is 2.40 bits per heavy atom. The SMILES string of the molecule is CSC1CCCCC1N[C@@H]1CCC[C@H]1O. The van der Waals surface area contributed by atoms with E-state index in [9.17, 15) is 5.11 Å². The maximum absolute atomic E-state index is 9.81. The molecule has 2 aliphatic carbocycles. The third-order valence-electron chi connectivity index (χ3n) is 3.91. The van der Waals surface area contributed by atoms with Crippen molar-refractivity contribution in [1.29, 1.82) is 0 Å². The molecule has 0 aromatic heterocycles. The average molecular weight is 229 g/mol. The normalized spacial score (nSPS) is 42.0. The number of aliphatic hydroxyl groups excluding tert-OH is 1. The van der Waals surface area contributed by atoms with Crippen LogP contribution >= 0.6 is 11.8 Å². The van der Waals surface area contributed by atoms with Gasteiger partial charge in [0.15, 0.2) is 0 Å².